The van der Waals surface area contributed by atoms with Crippen molar-refractivity contribution >= 4 is 22.6 Å². The number of alkyl halides is 1. The molecule has 0 aromatic rings. The van der Waals surface area contributed by atoms with E-state index in [-0.39, 0.29) is 0 Å². The van der Waals surface area contributed by atoms with E-state index < -0.39 is 0 Å². The van der Waals surface area contributed by atoms with Gasteiger partial charge in [0.25, 0.3) is 0 Å². The quantitative estimate of drug-likeness (QED) is 0.463. The molecular weight excluding hydrogens is 205 g/mol. The Balaban J connectivity index is 2.12. The molecule has 1 aliphatic heterocycles. The molecule has 3 heteroatoms. The van der Waals surface area contributed by atoms with Gasteiger partial charge in [0.2, 0.25) is 0 Å². The molecule has 0 aromatic carbocycles. The number of morpholine rings is 1. The van der Waals surface area contributed by atoms with E-state index in [1.807, 2.05) is 0 Å². The fraction of sp³-hybridized carbons (Fsp3) is 1.00. The Hall–Kier alpha value is 0.650. The van der Waals surface area contributed by atoms with Crippen LogP contribution >= 0.6 is 22.6 Å². The third-order valence-electron chi connectivity index (χ3n) is 0.882. The lowest BCUT2D eigenvalue weighted by molar-refractivity contribution is 0.0958. The predicted octanol–water partition coefficient (Wildman–Crippen LogP) is 0.367. The summed E-state index contributed by atoms with van der Waals surface area (Å²) in [6.07, 6.45) is 0. The van der Waals surface area contributed by atoms with Crippen molar-refractivity contribution in [3.63, 3.8) is 0 Å². The zero-order valence-corrected chi connectivity index (χ0v) is 6.14. The number of ether oxygens (including phenoxy) is 1. The first-order chi connectivity index (χ1) is 3.39. The molecule has 0 saturated carbocycles. The van der Waals surface area contributed by atoms with Gasteiger partial charge in [-0.05, 0) is 22.6 Å². The largest absolute Gasteiger partial charge is 0.365 e. The first kappa shape index (κ1) is 5.78. The Bertz CT molecular complexity index is 53.7. The lowest BCUT2D eigenvalue weighted by Crippen LogP contribution is -2.34. The number of nitrogens with one attached hydrogen (secondary N) is 1. The summed E-state index contributed by atoms with van der Waals surface area (Å²) in [6, 6.07) is 0. The molecule has 1 rings (SSSR count). The molecule has 1 aliphatic rings. The minimum atomic E-state index is 0.395. The summed E-state index contributed by atoms with van der Waals surface area (Å²) >= 11 is 2.27. The minimum Gasteiger partial charge on any atom is -0.365 e. The average molecular weight is 213 g/mol. The Morgan fingerprint density at radius 1 is 1.71 bits per heavy atom. The van der Waals surface area contributed by atoms with Gasteiger partial charge >= 0.3 is 0 Å². The fourth-order valence-corrected chi connectivity index (χ4v) is 1.10. The second-order valence-corrected chi connectivity index (χ2v) is 2.87. The van der Waals surface area contributed by atoms with Gasteiger partial charge < -0.3 is 10.1 Å². The fourth-order valence-electron chi connectivity index (χ4n) is 0.533. The number of halogens is 1. The molecule has 0 amide bonds. The van der Waals surface area contributed by atoms with Crippen LogP contribution in [-0.4, -0.2) is 23.8 Å². The summed E-state index contributed by atoms with van der Waals surface area (Å²) in [7, 11) is 0. The van der Waals surface area contributed by atoms with Gasteiger partial charge in [0.15, 0.2) is 0 Å². The Kier molecular flexibility index (Phi) is 2.34. The smallest absolute Gasteiger partial charge is 0.121 e. The topological polar surface area (TPSA) is 21.3 Å². The molecular formula is C4H8INO. The van der Waals surface area contributed by atoms with Gasteiger partial charge in [0, 0.05) is 13.1 Å². The maximum atomic E-state index is 5.20. The monoisotopic (exact) mass is 213 g/mol. The normalized spacial score (nSPS) is 33.0. The lowest BCUT2D eigenvalue weighted by atomic mass is 10.5. The van der Waals surface area contributed by atoms with E-state index in [1.54, 1.807) is 0 Å². The standard InChI is InChI=1S/C4H8INO/c5-4-3-6-1-2-7-4/h4,6H,1-3H2. The zero-order valence-electron chi connectivity index (χ0n) is 3.98. The average Bonchev–Trinajstić information content (AvgIpc) is 1.69. The Morgan fingerprint density at radius 2 is 2.57 bits per heavy atom. The van der Waals surface area contributed by atoms with Gasteiger partial charge in [-0.25, -0.2) is 0 Å². The summed E-state index contributed by atoms with van der Waals surface area (Å²) in [5.74, 6) is 0. The molecule has 1 saturated heterocycles. The summed E-state index contributed by atoms with van der Waals surface area (Å²) in [6.45, 7) is 2.88. The van der Waals surface area contributed by atoms with Crippen LogP contribution in [0.25, 0.3) is 0 Å². The van der Waals surface area contributed by atoms with Crippen LogP contribution in [-0.2, 0) is 4.74 Å². The van der Waals surface area contributed by atoms with Crippen LogP contribution in [0.4, 0.5) is 0 Å². The second kappa shape index (κ2) is 2.84. The lowest BCUT2D eigenvalue weighted by Gasteiger charge is -2.17. The van der Waals surface area contributed by atoms with Crippen LogP contribution in [0.5, 0.6) is 0 Å². The van der Waals surface area contributed by atoms with Crippen LogP contribution in [0.2, 0.25) is 0 Å². The van der Waals surface area contributed by atoms with E-state index in [9.17, 15) is 0 Å². The maximum Gasteiger partial charge on any atom is 0.121 e. The van der Waals surface area contributed by atoms with Crippen molar-refractivity contribution in [2.75, 3.05) is 19.7 Å². The van der Waals surface area contributed by atoms with E-state index in [4.69, 9.17) is 4.74 Å². The molecule has 7 heavy (non-hydrogen) atoms. The van der Waals surface area contributed by atoms with Crippen molar-refractivity contribution in [3.8, 4) is 0 Å². The first-order valence-corrected chi connectivity index (χ1v) is 3.60. The van der Waals surface area contributed by atoms with Crippen LogP contribution < -0.4 is 5.32 Å². The van der Waals surface area contributed by atoms with Gasteiger partial charge in [0.1, 0.15) is 4.11 Å². The second-order valence-electron chi connectivity index (χ2n) is 1.48. The van der Waals surface area contributed by atoms with Crippen molar-refractivity contribution in [2.24, 2.45) is 0 Å². The summed E-state index contributed by atoms with van der Waals surface area (Å²) in [4.78, 5) is 0. The van der Waals surface area contributed by atoms with Gasteiger partial charge in [-0.2, -0.15) is 0 Å². The first-order valence-electron chi connectivity index (χ1n) is 2.36. The molecule has 0 aliphatic carbocycles. The van der Waals surface area contributed by atoms with Crippen molar-refractivity contribution in [2.45, 2.75) is 4.11 Å². The highest BCUT2D eigenvalue weighted by Gasteiger charge is 2.06. The number of hydrogen-bond acceptors (Lipinski definition) is 2. The van der Waals surface area contributed by atoms with Gasteiger partial charge in [-0.3, -0.25) is 0 Å². The molecule has 0 aromatic heterocycles. The molecule has 0 spiro atoms. The molecule has 1 heterocycles. The molecule has 1 fully saturated rings. The van der Waals surface area contributed by atoms with Gasteiger partial charge in [-0.1, -0.05) is 0 Å². The van der Waals surface area contributed by atoms with E-state index in [2.05, 4.69) is 27.9 Å². The van der Waals surface area contributed by atoms with Crippen molar-refractivity contribution in [3.05, 3.63) is 0 Å². The molecule has 1 unspecified atom stereocenters. The third kappa shape index (κ3) is 1.92. The Labute approximate surface area is 56.8 Å². The molecule has 1 atom stereocenters. The maximum absolute atomic E-state index is 5.20. The SMILES string of the molecule is IC1CNCCO1. The van der Waals surface area contributed by atoms with E-state index in [0.717, 1.165) is 19.7 Å². The number of hydrogen-bond donors (Lipinski definition) is 1. The summed E-state index contributed by atoms with van der Waals surface area (Å²) in [5.41, 5.74) is 0. The highest BCUT2D eigenvalue weighted by Crippen LogP contribution is 2.02. The highest BCUT2D eigenvalue weighted by atomic mass is 127. The molecule has 1 N–H and O–H groups in total. The minimum absolute atomic E-state index is 0.395. The predicted molar refractivity (Wildman–Crippen MR) is 36.6 cm³/mol. The zero-order chi connectivity index (χ0) is 5.11. The van der Waals surface area contributed by atoms with Crippen LogP contribution in [0.15, 0.2) is 0 Å². The molecule has 42 valence electrons. The molecule has 0 bridgehead atoms. The molecule has 0 radical (unpaired) electrons. The van der Waals surface area contributed by atoms with Gasteiger partial charge in [-0.15, -0.1) is 0 Å². The van der Waals surface area contributed by atoms with Crippen LogP contribution in [0, 0.1) is 0 Å². The highest BCUT2D eigenvalue weighted by molar-refractivity contribution is 14.1. The summed E-state index contributed by atoms with van der Waals surface area (Å²) in [5, 5.41) is 3.20. The van der Waals surface area contributed by atoms with Gasteiger partial charge in [0.05, 0.1) is 6.61 Å². The summed E-state index contributed by atoms with van der Waals surface area (Å²) < 4.78 is 5.60. The van der Waals surface area contributed by atoms with Crippen molar-refractivity contribution in [1.29, 1.82) is 0 Å². The van der Waals surface area contributed by atoms with E-state index in [0.29, 0.717) is 4.11 Å². The molecule has 2 nitrogen and oxygen atoms in total. The number of rotatable bonds is 0. The van der Waals surface area contributed by atoms with Crippen LogP contribution in [0.1, 0.15) is 0 Å². The van der Waals surface area contributed by atoms with Crippen molar-refractivity contribution < 1.29 is 4.74 Å². The van der Waals surface area contributed by atoms with Crippen LogP contribution in [0.3, 0.4) is 0 Å². The van der Waals surface area contributed by atoms with E-state index in [1.165, 1.54) is 0 Å². The Morgan fingerprint density at radius 3 is 2.86 bits per heavy atom. The van der Waals surface area contributed by atoms with E-state index >= 15 is 0 Å². The third-order valence-corrected chi connectivity index (χ3v) is 1.68. The van der Waals surface area contributed by atoms with Crippen molar-refractivity contribution in [1.82, 2.24) is 5.32 Å².